The van der Waals surface area contributed by atoms with Gasteiger partial charge < -0.3 is 19.0 Å². The van der Waals surface area contributed by atoms with E-state index in [1.165, 1.54) is 12.8 Å². The Morgan fingerprint density at radius 1 is 1.22 bits per heavy atom. The van der Waals surface area contributed by atoms with E-state index in [1.54, 1.807) is 0 Å². The van der Waals surface area contributed by atoms with Crippen LogP contribution in [0.5, 0.6) is 0 Å². The van der Waals surface area contributed by atoms with Crippen molar-refractivity contribution < 1.29 is 9.21 Å². The predicted molar refractivity (Wildman–Crippen MR) is 99.0 cm³/mol. The first kappa shape index (κ1) is 16.3. The number of anilines is 1. The lowest BCUT2D eigenvalue weighted by atomic mass is 9.93. The fourth-order valence-electron chi connectivity index (χ4n) is 3.82. The summed E-state index contributed by atoms with van der Waals surface area (Å²) in [6.07, 6.45) is 8.66. The Balaban J connectivity index is 1.25. The number of likely N-dealkylation sites (tertiary alicyclic amines) is 1. The van der Waals surface area contributed by atoms with Crippen molar-refractivity contribution in [2.75, 3.05) is 18.4 Å². The second-order valence-corrected chi connectivity index (χ2v) is 7.70. The summed E-state index contributed by atoms with van der Waals surface area (Å²) in [7, 11) is 0. The van der Waals surface area contributed by atoms with Gasteiger partial charge in [-0.3, -0.25) is 4.79 Å². The molecular weight excluding hydrogens is 344 g/mol. The number of hydrogen-bond donors (Lipinski definition) is 1. The number of aromatic nitrogens is 4. The van der Waals surface area contributed by atoms with Gasteiger partial charge in [0.1, 0.15) is 17.4 Å². The van der Waals surface area contributed by atoms with Crippen LogP contribution in [0.15, 0.2) is 35.0 Å². The van der Waals surface area contributed by atoms with E-state index in [4.69, 9.17) is 4.42 Å². The topological polar surface area (TPSA) is 88.6 Å². The molecular formula is C19H22N6O2. The molecule has 1 aliphatic carbocycles. The molecule has 1 unspecified atom stereocenters. The van der Waals surface area contributed by atoms with E-state index in [0.29, 0.717) is 17.0 Å². The maximum absolute atomic E-state index is 12.7. The lowest BCUT2D eigenvalue weighted by molar-refractivity contribution is -0.133. The first-order valence-corrected chi connectivity index (χ1v) is 9.45. The minimum Gasteiger partial charge on any atom is -0.402 e. The number of carbonyl (C=O) groups is 1. The first-order chi connectivity index (χ1) is 13.1. The molecule has 0 aromatic carbocycles. The minimum atomic E-state index is -0.410. The van der Waals surface area contributed by atoms with Crippen molar-refractivity contribution >= 4 is 17.6 Å². The third kappa shape index (κ3) is 3.05. The van der Waals surface area contributed by atoms with Gasteiger partial charge in [0.05, 0.1) is 0 Å². The van der Waals surface area contributed by atoms with Crippen LogP contribution in [0.25, 0.3) is 17.2 Å². The lowest BCUT2D eigenvalue weighted by Gasteiger charge is -2.33. The second-order valence-electron chi connectivity index (χ2n) is 7.70. The average Bonchev–Trinajstić information content (AvgIpc) is 3.10. The zero-order valence-corrected chi connectivity index (χ0v) is 15.3. The number of carbonyl (C=O) groups excluding carboxylic acids is 1. The molecule has 27 heavy (non-hydrogen) atoms. The molecule has 3 aromatic heterocycles. The summed E-state index contributed by atoms with van der Waals surface area (Å²) in [5.74, 6) is 0.410. The van der Waals surface area contributed by atoms with Crippen LogP contribution >= 0.6 is 0 Å². The summed E-state index contributed by atoms with van der Waals surface area (Å²) in [5, 5.41) is 11.1. The Hall–Kier alpha value is -2.90. The highest BCUT2D eigenvalue weighted by Crippen LogP contribution is 2.53. The smallest absolute Gasteiger partial charge is 0.316 e. The van der Waals surface area contributed by atoms with Crippen LogP contribution in [0.1, 0.15) is 32.6 Å². The van der Waals surface area contributed by atoms with Gasteiger partial charge in [-0.25, -0.2) is 4.98 Å². The van der Waals surface area contributed by atoms with Gasteiger partial charge in [0, 0.05) is 25.5 Å². The highest BCUT2D eigenvalue weighted by atomic mass is 16.4. The van der Waals surface area contributed by atoms with Crippen LogP contribution in [0.3, 0.4) is 0 Å². The summed E-state index contributed by atoms with van der Waals surface area (Å²) in [4.78, 5) is 19.1. The quantitative estimate of drug-likeness (QED) is 0.763. The molecule has 140 valence electrons. The third-order valence-corrected chi connectivity index (χ3v) is 5.81. The number of fused-ring (bicyclic) bond motifs is 1. The summed E-state index contributed by atoms with van der Waals surface area (Å²) >= 11 is 0. The largest absolute Gasteiger partial charge is 0.402 e. The Bertz CT molecular complexity index is 946. The summed E-state index contributed by atoms with van der Waals surface area (Å²) in [5.41, 5.74) is 1.97. The molecule has 3 aromatic rings. The van der Waals surface area contributed by atoms with Crippen LogP contribution in [0.2, 0.25) is 0 Å². The first-order valence-electron chi connectivity index (χ1n) is 9.45. The van der Waals surface area contributed by atoms with Gasteiger partial charge in [-0.15, -0.1) is 5.10 Å². The molecule has 8 heteroatoms. The number of nitrogens with one attached hydrogen (secondary N) is 1. The molecule has 1 saturated carbocycles. The Labute approximate surface area is 156 Å². The van der Waals surface area contributed by atoms with Gasteiger partial charge in [0.15, 0.2) is 0 Å². The number of nitrogens with zero attached hydrogens (tertiary/aromatic N) is 5. The van der Waals surface area contributed by atoms with Gasteiger partial charge in [-0.2, -0.15) is 0 Å². The van der Waals surface area contributed by atoms with Crippen molar-refractivity contribution in [1.29, 1.82) is 0 Å². The van der Waals surface area contributed by atoms with Gasteiger partial charge in [-0.1, -0.05) is 11.2 Å². The summed E-state index contributed by atoms with van der Waals surface area (Å²) < 4.78 is 7.56. The zero-order chi connectivity index (χ0) is 18.4. The molecule has 1 aliphatic heterocycles. The third-order valence-electron chi connectivity index (χ3n) is 5.81. The van der Waals surface area contributed by atoms with Crippen molar-refractivity contribution in [3.8, 4) is 11.6 Å². The molecule has 2 fully saturated rings. The molecule has 2 aliphatic rings. The molecule has 1 spiro atoms. The fourth-order valence-corrected chi connectivity index (χ4v) is 3.82. The Morgan fingerprint density at radius 2 is 2.04 bits per heavy atom. The number of imidazole rings is 1. The van der Waals surface area contributed by atoms with Crippen molar-refractivity contribution in [2.45, 2.75) is 38.6 Å². The van der Waals surface area contributed by atoms with Crippen molar-refractivity contribution in [1.82, 2.24) is 24.5 Å². The highest BCUT2D eigenvalue weighted by molar-refractivity contribution is 5.83. The number of pyridine rings is 1. The molecule has 0 bridgehead atoms. The molecule has 4 heterocycles. The maximum Gasteiger partial charge on any atom is 0.316 e. The number of rotatable bonds is 4. The van der Waals surface area contributed by atoms with E-state index in [1.807, 2.05) is 46.8 Å². The zero-order valence-electron chi connectivity index (χ0n) is 15.3. The van der Waals surface area contributed by atoms with Gasteiger partial charge in [0.2, 0.25) is 5.91 Å². The molecule has 5 rings (SSSR count). The SMILES string of the molecule is CC(Nc1nnc(-c2cn3ccccc3n2)o1)C(=O)N1CCC2(CC1)CC2. The van der Waals surface area contributed by atoms with Gasteiger partial charge >= 0.3 is 6.01 Å². The van der Waals surface area contributed by atoms with Crippen LogP contribution in [0.4, 0.5) is 6.01 Å². The minimum absolute atomic E-state index is 0.0815. The summed E-state index contributed by atoms with van der Waals surface area (Å²) in [6, 6.07) is 5.58. The molecule has 1 N–H and O–H groups in total. The van der Waals surface area contributed by atoms with Crippen LogP contribution in [-0.4, -0.2) is 49.5 Å². The number of piperidine rings is 1. The van der Waals surface area contributed by atoms with Crippen molar-refractivity contribution in [2.24, 2.45) is 5.41 Å². The summed E-state index contributed by atoms with van der Waals surface area (Å²) in [6.45, 7) is 3.53. The van der Waals surface area contributed by atoms with Crippen LogP contribution < -0.4 is 5.32 Å². The van der Waals surface area contributed by atoms with E-state index in [2.05, 4.69) is 20.5 Å². The van der Waals surface area contributed by atoms with Gasteiger partial charge in [-0.05, 0) is 50.2 Å². The van der Waals surface area contributed by atoms with E-state index in [0.717, 1.165) is 31.6 Å². The number of hydrogen-bond acceptors (Lipinski definition) is 6. The molecule has 8 nitrogen and oxygen atoms in total. The van der Waals surface area contributed by atoms with Crippen molar-refractivity contribution in [3.63, 3.8) is 0 Å². The number of amides is 1. The van der Waals surface area contributed by atoms with Crippen molar-refractivity contribution in [3.05, 3.63) is 30.6 Å². The second kappa shape index (κ2) is 6.07. The Kier molecular flexibility index (Phi) is 3.66. The average molecular weight is 366 g/mol. The molecule has 0 radical (unpaired) electrons. The monoisotopic (exact) mass is 366 g/mol. The van der Waals surface area contributed by atoms with E-state index < -0.39 is 6.04 Å². The Morgan fingerprint density at radius 3 is 2.78 bits per heavy atom. The predicted octanol–water partition coefficient (Wildman–Crippen LogP) is 2.59. The highest BCUT2D eigenvalue weighted by Gasteiger charge is 2.45. The fraction of sp³-hybridized carbons (Fsp3) is 0.474. The van der Waals surface area contributed by atoms with Crippen LogP contribution in [0, 0.1) is 5.41 Å². The maximum atomic E-state index is 12.7. The van der Waals surface area contributed by atoms with E-state index in [-0.39, 0.29) is 11.9 Å². The lowest BCUT2D eigenvalue weighted by Crippen LogP contribution is -2.45. The van der Waals surface area contributed by atoms with E-state index in [9.17, 15) is 4.79 Å². The van der Waals surface area contributed by atoms with Gasteiger partial charge in [0.25, 0.3) is 5.89 Å². The molecule has 1 saturated heterocycles. The molecule has 1 atom stereocenters. The molecule has 1 amide bonds. The van der Waals surface area contributed by atoms with Crippen LogP contribution in [-0.2, 0) is 4.79 Å². The normalized spacial score (nSPS) is 19.4. The van der Waals surface area contributed by atoms with E-state index >= 15 is 0 Å². The standard InChI is InChI=1S/C19H22N6O2/c1-13(17(26)24-10-7-19(5-6-19)8-11-24)20-18-23-22-16(27-18)14-12-25-9-3-2-4-15(25)21-14/h2-4,9,12-13H,5-8,10-11H2,1H3,(H,20,23).